The minimum atomic E-state index is -3.03. The van der Waals surface area contributed by atoms with E-state index in [2.05, 4.69) is 10.1 Å². The molecule has 0 radical (unpaired) electrons. The van der Waals surface area contributed by atoms with Gasteiger partial charge in [-0.15, -0.1) is 0 Å². The third-order valence-corrected chi connectivity index (χ3v) is 4.20. The molecular formula is C22H25F2NO6. The lowest BCUT2D eigenvalue weighted by Crippen LogP contribution is -2.31. The summed E-state index contributed by atoms with van der Waals surface area (Å²) in [6.45, 7) is 0.433. The topological polar surface area (TPSA) is 83.1 Å². The first-order valence-corrected chi connectivity index (χ1v) is 9.50. The molecular weight excluding hydrogens is 412 g/mol. The molecule has 168 valence electrons. The number of benzene rings is 2. The fourth-order valence-corrected chi connectivity index (χ4v) is 2.81. The minimum absolute atomic E-state index is 0.0202. The Balaban J connectivity index is 2.25. The van der Waals surface area contributed by atoms with Crippen LogP contribution in [-0.4, -0.2) is 38.8 Å². The van der Waals surface area contributed by atoms with E-state index in [1.165, 1.54) is 32.4 Å². The Kier molecular flexibility index (Phi) is 8.60. The molecule has 7 nitrogen and oxygen atoms in total. The molecule has 2 rings (SSSR count). The number of carbonyl (C=O) groups is 2. The number of carbonyl (C=O) groups excluding carboxylic acids is 2. The van der Waals surface area contributed by atoms with E-state index >= 15 is 0 Å². The average molecular weight is 437 g/mol. The zero-order valence-electron chi connectivity index (χ0n) is 17.7. The Bertz CT molecular complexity index is 886. The Morgan fingerprint density at radius 1 is 0.968 bits per heavy atom. The van der Waals surface area contributed by atoms with Crippen molar-refractivity contribution in [3.05, 3.63) is 53.6 Å². The van der Waals surface area contributed by atoms with E-state index in [1.54, 1.807) is 38.1 Å². The fourth-order valence-electron chi connectivity index (χ4n) is 2.81. The molecule has 1 amide bonds. The number of halogens is 2. The van der Waals surface area contributed by atoms with Gasteiger partial charge in [-0.3, -0.25) is 9.59 Å². The van der Waals surface area contributed by atoms with Crippen molar-refractivity contribution in [3.63, 3.8) is 0 Å². The molecule has 0 bridgehead atoms. The van der Waals surface area contributed by atoms with Crippen LogP contribution in [0.2, 0.25) is 0 Å². The second-order valence-electron chi connectivity index (χ2n) is 6.79. The number of amides is 1. The average Bonchev–Trinajstić information content (AvgIpc) is 2.72. The van der Waals surface area contributed by atoms with Crippen LogP contribution in [-0.2, 0) is 9.53 Å². The Morgan fingerprint density at radius 3 is 2.19 bits per heavy atom. The lowest BCUT2D eigenvalue weighted by atomic mass is 10.0. The highest BCUT2D eigenvalue weighted by Crippen LogP contribution is 2.30. The quantitative estimate of drug-likeness (QED) is 0.563. The van der Waals surface area contributed by atoms with Gasteiger partial charge in [0, 0.05) is 5.56 Å². The predicted molar refractivity (Wildman–Crippen MR) is 109 cm³/mol. The maximum atomic E-state index is 12.8. The van der Waals surface area contributed by atoms with Gasteiger partial charge in [-0.2, -0.15) is 8.78 Å². The Morgan fingerprint density at radius 2 is 1.65 bits per heavy atom. The second kappa shape index (κ2) is 11.1. The van der Waals surface area contributed by atoms with Crippen LogP contribution in [0, 0.1) is 0 Å². The van der Waals surface area contributed by atoms with Crippen molar-refractivity contribution in [3.8, 4) is 17.2 Å². The number of esters is 1. The van der Waals surface area contributed by atoms with Gasteiger partial charge in [0.25, 0.3) is 5.91 Å². The second-order valence-corrected chi connectivity index (χ2v) is 6.79. The number of alkyl halides is 2. The van der Waals surface area contributed by atoms with Crippen LogP contribution in [0.25, 0.3) is 0 Å². The third kappa shape index (κ3) is 7.13. The van der Waals surface area contributed by atoms with Crippen molar-refractivity contribution in [2.24, 2.45) is 0 Å². The van der Waals surface area contributed by atoms with Crippen molar-refractivity contribution in [2.45, 2.75) is 39.0 Å². The molecule has 0 aromatic heterocycles. The summed E-state index contributed by atoms with van der Waals surface area (Å²) in [5.74, 6) is -0.596. The first-order chi connectivity index (χ1) is 14.7. The highest BCUT2D eigenvalue weighted by Gasteiger charge is 2.22. The third-order valence-electron chi connectivity index (χ3n) is 4.20. The van der Waals surface area contributed by atoms with E-state index in [0.29, 0.717) is 11.3 Å². The molecule has 0 aliphatic rings. The molecule has 1 N–H and O–H groups in total. The number of methoxy groups -OCH3 is 2. The number of nitrogens with one attached hydrogen (secondary N) is 1. The largest absolute Gasteiger partial charge is 0.497 e. The molecule has 0 fully saturated rings. The van der Waals surface area contributed by atoms with Crippen LogP contribution >= 0.6 is 0 Å². The summed E-state index contributed by atoms with van der Waals surface area (Å²) < 4.78 is 44.8. The number of hydrogen-bond acceptors (Lipinski definition) is 6. The molecule has 0 heterocycles. The number of hydrogen-bond donors (Lipinski definition) is 1. The maximum absolute atomic E-state index is 12.8. The highest BCUT2D eigenvalue weighted by molar-refractivity contribution is 5.95. The molecule has 1 unspecified atom stereocenters. The molecule has 0 aliphatic carbocycles. The summed E-state index contributed by atoms with van der Waals surface area (Å²) in [6.07, 6.45) is -0.397. The van der Waals surface area contributed by atoms with Gasteiger partial charge < -0.3 is 24.3 Å². The van der Waals surface area contributed by atoms with Crippen LogP contribution in [0.5, 0.6) is 17.2 Å². The fraction of sp³-hybridized carbons (Fsp3) is 0.364. The first-order valence-electron chi connectivity index (χ1n) is 9.50. The summed E-state index contributed by atoms with van der Waals surface area (Å²) in [4.78, 5) is 25.0. The molecule has 2 aromatic carbocycles. The zero-order chi connectivity index (χ0) is 23.0. The molecule has 0 aliphatic heterocycles. The zero-order valence-corrected chi connectivity index (χ0v) is 17.7. The van der Waals surface area contributed by atoms with Crippen molar-refractivity contribution in [1.82, 2.24) is 5.32 Å². The Labute approximate surface area is 179 Å². The van der Waals surface area contributed by atoms with Crippen LogP contribution in [0.1, 0.15) is 42.2 Å². The van der Waals surface area contributed by atoms with E-state index in [-0.39, 0.29) is 29.6 Å². The number of rotatable bonds is 10. The van der Waals surface area contributed by atoms with Gasteiger partial charge in [0.05, 0.1) is 32.8 Å². The summed E-state index contributed by atoms with van der Waals surface area (Å²) in [7, 11) is 2.81. The van der Waals surface area contributed by atoms with Gasteiger partial charge in [-0.1, -0.05) is 12.1 Å². The predicted octanol–water partition coefficient (Wildman–Crippen LogP) is 4.12. The van der Waals surface area contributed by atoms with Crippen molar-refractivity contribution in [2.75, 3.05) is 14.2 Å². The summed E-state index contributed by atoms with van der Waals surface area (Å²) in [5, 5.41) is 2.78. The van der Waals surface area contributed by atoms with Crippen molar-refractivity contribution in [1.29, 1.82) is 0 Å². The maximum Gasteiger partial charge on any atom is 0.387 e. The van der Waals surface area contributed by atoms with Crippen LogP contribution in [0.4, 0.5) is 8.78 Å². The number of ether oxygens (including phenoxy) is 4. The highest BCUT2D eigenvalue weighted by atomic mass is 19.3. The van der Waals surface area contributed by atoms with Gasteiger partial charge in [0.1, 0.15) is 5.75 Å². The SMILES string of the molecule is COc1ccc(C(CC(=O)OC(C)C)NC(=O)c2ccc(OC(F)F)c(OC)c2)cc1. The lowest BCUT2D eigenvalue weighted by Gasteiger charge is -2.20. The van der Waals surface area contributed by atoms with Crippen molar-refractivity contribution >= 4 is 11.9 Å². The molecule has 31 heavy (non-hydrogen) atoms. The monoisotopic (exact) mass is 437 g/mol. The first kappa shape index (κ1) is 23.9. The normalized spacial score (nSPS) is 11.7. The van der Waals surface area contributed by atoms with Gasteiger partial charge >= 0.3 is 12.6 Å². The molecule has 2 aromatic rings. The van der Waals surface area contributed by atoms with E-state index in [0.717, 1.165) is 0 Å². The van der Waals surface area contributed by atoms with E-state index in [1.807, 2.05) is 0 Å². The van der Waals surface area contributed by atoms with Gasteiger partial charge in [0.15, 0.2) is 11.5 Å². The minimum Gasteiger partial charge on any atom is -0.497 e. The summed E-state index contributed by atoms with van der Waals surface area (Å²) >= 11 is 0. The van der Waals surface area contributed by atoms with E-state index < -0.39 is 24.5 Å². The smallest absolute Gasteiger partial charge is 0.387 e. The van der Waals surface area contributed by atoms with E-state index in [9.17, 15) is 18.4 Å². The van der Waals surface area contributed by atoms with Gasteiger partial charge in [-0.05, 0) is 49.7 Å². The van der Waals surface area contributed by atoms with Crippen LogP contribution in [0.15, 0.2) is 42.5 Å². The van der Waals surface area contributed by atoms with Crippen LogP contribution < -0.4 is 19.5 Å². The van der Waals surface area contributed by atoms with E-state index in [4.69, 9.17) is 14.2 Å². The molecule has 0 saturated carbocycles. The Hall–Kier alpha value is -3.36. The van der Waals surface area contributed by atoms with Crippen molar-refractivity contribution < 1.29 is 37.3 Å². The molecule has 1 atom stereocenters. The van der Waals surface area contributed by atoms with Gasteiger partial charge in [-0.25, -0.2) is 0 Å². The van der Waals surface area contributed by atoms with Crippen LogP contribution in [0.3, 0.4) is 0 Å². The van der Waals surface area contributed by atoms with Gasteiger partial charge in [0.2, 0.25) is 0 Å². The lowest BCUT2D eigenvalue weighted by molar-refractivity contribution is -0.147. The molecule has 0 saturated heterocycles. The molecule has 9 heteroatoms. The molecule has 0 spiro atoms. The summed E-state index contributed by atoms with van der Waals surface area (Å²) in [6, 6.07) is 10.0. The standard InChI is InChI=1S/C22H25F2NO6/c1-13(2)30-20(26)12-17(14-5-8-16(28-3)9-6-14)25-21(27)15-7-10-18(31-22(23)24)19(11-15)29-4/h5-11,13,17,22H,12H2,1-4H3,(H,25,27). The summed E-state index contributed by atoms with van der Waals surface area (Å²) in [5.41, 5.74) is 0.814.